The maximum Gasteiger partial charge on any atom is 0.303 e. The molecule has 2 N–H and O–H groups in total. The molecule has 218 valence electrons. The second-order valence-electron chi connectivity index (χ2n) is 15.0. The van der Waals surface area contributed by atoms with Crippen LogP contribution in [0.2, 0.25) is 0 Å². The Labute approximate surface area is 233 Å². The summed E-state index contributed by atoms with van der Waals surface area (Å²) in [5, 5.41) is 23.3. The number of hydrogen-bond acceptors (Lipinski definition) is 7. The monoisotopic (exact) mass is 544 g/mol. The summed E-state index contributed by atoms with van der Waals surface area (Å²) in [6.45, 7) is 16.4. The second-order valence-corrected chi connectivity index (χ2v) is 15.0. The fourth-order valence-corrected chi connectivity index (χ4v) is 9.62. The van der Waals surface area contributed by atoms with Crippen molar-refractivity contribution in [2.75, 3.05) is 0 Å². The van der Waals surface area contributed by atoms with Crippen LogP contribution in [-0.2, 0) is 23.9 Å². The fraction of sp³-hybridized carbons (Fsp3) is 0.812. The number of allylic oxidation sites excluding steroid dienone is 2. The number of ketones is 3. The van der Waals surface area contributed by atoms with Crippen molar-refractivity contribution >= 4 is 23.3 Å². The van der Waals surface area contributed by atoms with Gasteiger partial charge in [0, 0.05) is 42.9 Å². The predicted molar refractivity (Wildman–Crippen MR) is 146 cm³/mol. The average Bonchev–Trinajstić information content (AvgIpc) is 2.99. The number of carbonyl (C=O) groups is 4. The number of fused-ring (bicyclic) bond motifs is 5. The van der Waals surface area contributed by atoms with Gasteiger partial charge in [0.05, 0.1) is 6.10 Å². The summed E-state index contributed by atoms with van der Waals surface area (Å²) in [6, 6.07) is 0. The third kappa shape index (κ3) is 4.20. The van der Waals surface area contributed by atoms with E-state index in [4.69, 9.17) is 4.74 Å². The largest absolute Gasteiger partial charge is 0.460 e. The van der Waals surface area contributed by atoms with Gasteiger partial charge in [-0.25, -0.2) is 0 Å². The minimum atomic E-state index is -1.86. The topological polar surface area (TPSA) is 118 Å². The van der Waals surface area contributed by atoms with Crippen molar-refractivity contribution in [3.8, 4) is 0 Å². The quantitative estimate of drug-likeness (QED) is 0.366. The van der Waals surface area contributed by atoms with Gasteiger partial charge in [-0.05, 0) is 83.0 Å². The van der Waals surface area contributed by atoms with Crippen LogP contribution in [0, 0.1) is 39.4 Å². The molecule has 0 aliphatic heterocycles. The molecular formula is C32H48O7. The molecule has 0 spiro atoms. The van der Waals surface area contributed by atoms with Crippen molar-refractivity contribution < 1.29 is 34.1 Å². The molecule has 3 fully saturated rings. The van der Waals surface area contributed by atoms with E-state index in [9.17, 15) is 29.4 Å². The smallest absolute Gasteiger partial charge is 0.303 e. The van der Waals surface area contributed by atoms with Crippen LogP contribution >= 0.6 is 0 Å². The van der Waals surface area contributed by atoms with E-state index in [1.807, 2.05) is 20.8 Å². The van der Waals surface area contributed by atoms with Crippen LogP contribution in [0.15, 0.2) is 11.6 Å². The third-order valence-electron chi connectivity index (χ3n) is 11.9. The Balaban J connectivity index is 1.69. The van der Waals surface area contributed by atoms with Crippen LogP contribution in [0.4, 0.5) is 0 Å². The van der Waals surface area contributed by atoms with Crippen LogP contribution in [0.1, 0.15) is 107 Å². The average molecular weight is 545 g/mol. The minimum absolute atomic E-state index is 0.0182. The summed E-state index contributed by atoms with van der Waals surface area (Å²) in [5.41, 5.74) is -4.22. The van der Waals surface area contributed by atoms with E-state index < -0.39 is 56.6 Å². The van der Waals surface area contributed by atoms with E-state index in [2.05, 4.69) is 19.9 Å². The lowest BCUT2D eigenvalue weighted by atomic mass is 9.38. The molecule has 4 aliphatic rings. The van der Waals surface area contributed by atoms with E-state index >= 15 is 0 Å². The lowest BCUT2D eigenvalue weighted by molar-refractivity contribution is -0.183. The molecule has 4 aliphatic carbocycles. The van der Waals surface area contributed by atoms with Crippen molar-refractivity contribution in [1.82, 2.24) is 0 Å². The summed E-state index contributed by atoms with van der Waals surface area (Å²) >= 11 is 0. The number of aliphatic hydroxyl groups is 2. The second kappa shape index (κ2) is 9.07. The van der Waals surface area contributed by atoms with E-state index in [1.54, 1.807) is 13.8 Å². The zero-order valence-electron chi connectivity index (χ0n) is 25.3. The van der Waals surface area contributed by atoms with Gasteiger partial charge >= 0.3 is 5.97 Å². The summed E-state index contributed by atoms with van der Waals surface area (Å²) in [5.74, 6) is -1.46. The van der Waals surface area contributed by atoms with Crippen LogP contribution in [0.25, 0.3) is 0 Å². The Morgan fingerprint density at radius 3 is 2.26 bits per heavy atom. The Kier molecular flexibility index (Phi) is 7.00. The summed E-state index contributed by atoms with van der Waals surface area (Å²) in [4.78, 5) is 52.1. The van der Waals surface area contributed by atoms with Gasteiger partial charge in [-0.15, -0.1) is 0 Å². The van der Waals surface area contributed by atoms with Gasteiger partial charge in [0.25, 0.3) is 0 Å². The van der Waals surface area contributed by atoms with Gasteiger partial charge < -0.3 is 14.9 Å². The Morgan fingerprint density at radius 2 is 1.67 bits per heavy atom. The van der Waals surface area contributed by atoms with Gasteiger partial charge in [0.1, 0.15) is 22.8 Å². The summed E-state index contributed by atoms with van der Waals surface area (Å²) < 4.78 is 5.32. The number of carbonyl (C=O) groups excluding carboxylic acids is 4. The van der Waals surface area contributed by atoms with Crippen LogP contribution in [0.5, 0.6) is 0 Å². The number of aliphatic hydroxyl groups excluding tert-OH is 1. The molecule has 7 heteroatoms. The number of rotatable bonds is 6. The molecule has 0 aromatic carbocycles. The maximum atomic E-state index is 14.3. The van der Waals surface area contributed by atoms with Gasteiger partial charge in [0.15, 0.2) is 5.78 Å². The Hall–Kier alpha value is -1.86. The molecule has 0 saturated heterocycles. The Bertz CT molecular complexity index is 1130. The highest BCUT2D eigenvalue weighted by Gasteiger charge is 2.74. The van der Waals surface area contributed by atoms with Gasteiger partial charge in [0.2, 0.25) is 0 Å². The molecule has 0 amide bonds. The third-order valence-corrected chi connectivity index (χ3v) is 11.9. The van der Waals surface area contributed by atoms with Crippen LogP contribution in [0.3, 0.4) is 0 Å². The molecule has 4 rings (SSSR count). The number of hydrogen-bond donors (Lipinski definition) is 2. The number of ether oxygens (including phenoxy) is 1. The molecule has 0 bridgehead atoms. The predicted octanol–water partition coefficient (Wildman–Crippen LogP) is 4.75. The van der Waals surface area contributed by atoms with Gasteiger partial charge in [-0.2, -0.15) is 0 Å². The van der Waals surface area contributed by atoms with Gasteiger partial charge in [-0.3, -0.25) is 19.2 Å². The van der Waals surface area contributed by atoms with Crippen LogP contribution < -0.4 is 0 Å². The first-order valence-corrected chi connectivity index (χ1v) is 14.6. The molecule has 0 aromatic rings. The van der Waals surface area contributed by atoms with Gasteiger partial charge in [-0.1, -0.05) is 32.4 Å². The first kappa shape index (κ1) is 30.1. The zero-order valence-corrected chi connectivity index (χ0v) is 25.3. The van der Waals surface area contributed by atoms with E-state index in [0.29, 0.717) is 25.7 Å². The molecule has 8 atom stereocenters. The van der Waals surface area contributed by atoms with Crippen molar-refractivity contribution in [3.63, 3.8) is 0 Å². The molecule has 3 saturated carbocycles. The van der Waals surface area contributed by atoms with Crippen molar-refractivity contribution in [1.29, 1.82) is 0 Å². The van der Waals surface area contributed by atoms with Crippen LogP contribution in [-0.4, -0.2) is 50.8 Å². The standard InChI is InChI=1S/C32H48O7/c1-18(33)39-27(2,3)15-14-24(36)32(9,38)26-21(34)16-29(6)22-12-10-19-20(11-13-23(35)28(19,4)5)31(22,8)25(37)17-30(26,29)7/h10,20-22,26,34,38H,11-17H2,1-9H3/t20-,21-,22+,26+,29+,30-,31+,32+/m1/s1. The molecule has 0 heterocycles. The highest BCUT2D eigenvalue weighted by molar-refractivity contribution is 5.93. The first-order chi connectivity index (χ1) is 17.7. The zero-order chi connectivity index (χ0) is 29.6. The summed E-state index contributed by atoms with van der Waals surface area (Å²) in [6.07, 6.45) is 3.74. The Morgan fingerprint density at radius 1 is 1.05 bits per heavy atom. The van der Waals surface area contributed by atoms with Crippen molar-refractivity contribution in [2.24, 2.45) is 39.4 Å². The lowest BCUT2D eigenvalue weighted by Crippen LogP contribution is -2.64. The SMILES string of the molecule is CC(=O)OC(C)(C)CCC(=O)[C@](C)(O)[C@H]1[C@H](O)C[C@@]2(C)[C@@H]3CC=C4[C@@H](CCC(=O)C4(C)C)[C@]3(C)C(=O)C[C@]12C. The van der Waals surface area contributed by atoms with Crippen molar-refractivity contribution in [2.45, 2.75) is 125 Å². The highest BCUT2D eigenvalue weighted by atomic mass is 16.6. The molecule has 0 aromatic heterocycles. The van der Waals surface area contributed by atoms with E-state index in [1.165, 1.54) is 13.8 Å². The lowest BCUT2D eigenvalue weighted by Gasteiger charge is -2.64. The molecule has 7 nitrogen and oxygen atoms in total. The normalized spacial score (nSPS) is 41.1. The number of Topliss-reactive ketones (excluding diaryl/α,β-unsaturated/α-hetero) is 3. The fourth-order valence-electron chi connectivity index (χ4n) is 9.62. The highest BCUT2D eigenvalue weighted by Crippen LogP contribution is 2.74. The van der Waals surface area contributed by atoms with Crippen molar-refractivity contribution in [3.05, 3.63) is 11.6 Å². The van der Waals surface area contributed by atoms with E-state index in [0.717, 1.165) is 5.57 Å². The summed E-state index contributed by atoms with van der Waals surface area (Å²) in [7, 11) is 0. The first-order valence-electron chi connectivity index (χ1n) is 14.6. The minimum Gasteiger partial charge on any atom is -0.460 e. The maximum absolute atomic E-state index is 14.3. The van der Waals surface area contributed by atoms with E-state index in [-0.39, 0.29) is 42.7 Å². The molecular weight excluding hydrogens is 496 g/mol. The number of esters is 1. The molecule has 0 unspecified atom stereocenters. The molecule has 39 heavy (non-hydrogen) atoms. The molecule has 0 radical (unpaired) electrons.